The van der Waals surface area contributed by atoms with Crippen LogP contribution < -0.4 is 0 Å². The molecule has 40 valence electrons. The first-order chi connectivity index (χ1) is 3.23. The van der Waals surface area contributed by atoms with Gasteiger partial charge in [0.1, 0.15) is 12.1 Å². The fraction of sp³-hybridized carbons (Fsp3) is 1.00. The molecule has 0 aromatic carbocycles. The number of hydrogen-bond acceptors (Lipinski definition) is 0. The average Bonchev–Trinajstić information content (AvgIpc) is 1.52. The van der Waals surface area contributed by atoms with Gasteiger partial charge in [-0.05, 0) is 0 Å². The predicted octanol–water partition coefficient (Wildman–Crippen LogP) is 0.607. The van der Waals surface area contributed by atoms with E-state index in [1.807, 2.05) is 0 Å². The molecule has 1 nitrogen and oxygen atoms in total. The Kier molecular flexibility index (Phi) is 0.419. The molecule has 2 aliphatic rings. The molecule has 2 rings (SSSR count). The normalized spacial score (nSPS) is 52.3. The van der Waals surface area contributed by atoms with Crippen LogP contribution in [-0.4, -0.2) is 30.7 Å². The van der Waals surface area contributed by atoms with Gasteiger partial charge in [0.2, 0.25) is 0 Å². The monoisotopic (exact) mass is 98.1 g/mol. The lowest BCUT2D eigenvalue weighted by molar-refractivity contribution is -0.774. The van der Waals surface area contributed by atoms with Gasteiger partial charge in [-0.1, -0.05) is 0 Å². The van der Waals surface area contributed by atoms with E-state index in [9.17, 15) is 0 Å². The summed E-state index contributed by atoms with van der Waals surface area (Å²) in [4.78, 5) is 0. The van der Waals surface area contributed by atoms with Crippen LogP contribution >= 0.6 is 0 Å². The fourth-order valence-corrected chi connectivity index (χ4v) is 1.88. The molecule has 2 unspecified atom stereocenters. The van der Waals surface area contributed by atoms with Crippen molar-refractivity contribution in [1.29, 1.82) is 0 Å². The van der Waals surface area contributed by atoms with E-state index in [0.717, 1.165) is 12.1 Å². The first-order valence-electron chi connectivity index (χ1n) is 3.06. The summed E-state index contributed by atoms with van der Waals surface area (Å²) in [7, 11) is 4.67. The minimum atomic E-state index is 1.08. The SMILES string of the molecule is C[N+]1(C)C2CCC21. The standard InChI is InChI=1S/C6H12N/c1-7(2)5-3-4-6(5)7/h5-6H,3-4H2,1-2H3/q+1. The van der Waals surface area contributed by atoms with E-state index in [-0.39, 0.29) is 0 Å². The summed E-state index contributed by atoms with van der Waals surface area (Å²) < 4.78 is 1.33. The molecule has 0 radical (unpaired) electrons. The third-order valence-electron chi connectivity index (χ3n) is 2.82. The molecule has 1 aliphatic heterocycles. The van der Waals surface area contributed by atoms with Gasteiger partial charge in [-0.15, -0.1) is 0 Å². The van der Waals surface area contributed by atoms with Crippen molar-refractivity contribution >= 4 is 0 Å². The third kappa shape index (κ3) is 0.260. The van der Waals surface area contributed by atoms with Crippen molar-refractivity contribution in [3.63, 3.8) is 0 Å². The van der Waals surface area contributed by atoms with Crippen LogP contribution in [0.3, 0.4) is 0 Å². The summed E-state index contributed by atoms with van der Waals surface area (Å²) in [5.74, 6) is 0. The Balaban J connectivity index is 2.18. The second kappa shape index (κ2) is 0.752. The zero-order valence-electron chi connectivity index (χ0n) is 5.02. The first kappa shape index (κ1) is 3.90. The zero-order valence-corrected chi connectivity index (χ0v) is 5.02. The van der Waals surface area contributed by atoms with Gasteiger partial charge in [0, 0.05) is 12.8 Å². The van der Waals surface area contributed by atoms with E-state index < -0.39 is 0 Å². The maximum Gasteiger partial charge on any atom is 0.142 e. The Bertz CT molecular complexity index is 94.7. The molecule has 2 fully saturated rings. The van der Waals surface area contributed by atoms with E-state index in [1.54, 1.807) is 0 Å². The summed E-state index contributed by atoms with van der Waals surface area (Å²) >= 11 is 0. The van der Waals surface area contributed by atoms with Crippen LogP contribution in [0.4, 0.5) is 0 Å². The van der Waals surface area contributed by atoms with Crippen molar-refractivity contribution in [1.82, 2.24) is 0 Å². The predicted molar refractivity (Wildman–Crippen MR) is 28.9 cm³/mol. The van der Waals surface area contributed by atoms with E-state index >= 15 is 0 Å². The van der Waals surface area contributed by atoms with Crippen LogP contribution in [0.15, 0.2) is 0 Å². The third-order valence-corrected chi connectivity index (χ3v) is 2.82. The van der Waals surface area contributed by atoms with Crippen LogP contribution in [0.2, 0.25) is 0 Å². The van der Waals surface area contributed by atoms with Crippen molar-refractivity contribution in [2.45, 2.75) is 24.9 Å². The molecule has 2 atom stereocenters. The van der Waals surface area contributed by atoms with Crippen LogP contribution in [-0.2, 0) is 0 Å². The number of rotatable bonds is 0. The first-order valence-corrected chi connectivity index (χ1v) is 3.06. The molecule has 1 heteroatoms. The maximum atomic E-state index is 2.34. The van der Waals surface area contributed by atoms with E-state index in [0.29, 0.717) is 0 Å². The minimum Gasteiger partial charge on any atom is -0.314 e. The summed E-state index contributed by atoms with van der Waals surface area (Å²) in [5, 5.41) is 0. The summed E-state index contributed by atoms with van der Waals surface area (Å²) in [6.45, 7) is 0. The molecule has 1 aliphatic carbocycles. The number of fused-ring (bicyclic) bond motifs is 1. The van der Waals surface area contributed by atoms with Crippen molar-refractivity contribution in [2.24, 2.45) is 0 Å². The fourth-order valence-electron chi connectivity index (χ4n) is 1.88. The lowest BCUT2D eigenvalue weighted by Gasteiger charge is -1.99. The maximum absolute atomic E-state index is 2.34. The molecular formula is C6H12N+. The summed E-state index contributed by atoms with van der Waals surface area (Å²) in [5.41, 5.74) is 0. The Morgan fingerprint density at radius 3 is 1.57 bits per heavy atom. The number of hydrogen-bond donors (Lipinski definition) is 0. The molecule has 1 heterocycles. The Labute approximate surface area is 44.5 Å². The highest BCUT2D eigenvalue weighted by atomic mass is 15.5. The van der Waals surface area contributed by atoms with Crippen molar-refractivity contribution in [2.75, 3.05) is 14.1 Å². The Morgan fingerprint density at radius 2 is 1.57 bits per heavy atom. The molecule has 0 bridgehead atoms. The molecule has 0 amide bonds. The van der Waals surface area contributed by atoms with Crippen molar-refractivity contribution < 1.29 is 4.48 Å². The van der Waals surface area contributed by atoms with Gasteiger partial charge in [-0.25, -0.2) is 0 Å². The van der Waals surface area contributed by atoms with E-state index in [1.165, 1.54) is 17.3 Å². The Hall–Kier alpha value is -0.0400. The van der Waals surface area contributed by atoms with E-state index in [2.05, 4.69) is 14.1 Å². The van der Waals surface area contributed by atoms with Gasteiger partial charge < -0.3 is 4.48 Å². The molecule has 7 heavy (non-hydrogen) atoms. The quantitative estimate of drug-likeness (QED) is 0.307. The highest BCUT2D eigenvalue weighted by Gasteiger charge is 2.66. The van der Waals surface area contributed by atoms with Gasteiger partial charge in [-0.2, -0.15) is 0 Å². The molecular weight excluding hydrogens is 86.1 g/mol. The second-order valence-corrected chi connectivity index (χ2v) is 3.34. The number of likely N-dealkylation sites (tertiary alicyclic amines) is 1. The van der Waals surface area contributed by atoms with Gasteiger partial charge in [0.05, 0.1) is 14.1 Å². The molecule has 0 N–H and O–H groups in total. The topological polar surface area (TPSA) is 0 Å². The minimum absolute atomic E-state index is 1.08. The number of nitrogens with zero attached hydrogens (tertiary/aromatic N) is 1. The van der Waals surface area contributed by atoms with Crippen LogP contribution in [0.5, 0.6) is 0 Å². The van der Waals surface area contributed by atoms with Gasteiger partial charge in [0.25, 0.3) is 0 Å². The van der Waals surface area contributed by atoms with Crippen LogP contribution in [0.25, 0.3) is 0 Å². The number of likely N-dealkylation sites (N-methyl/N-ethyl adjacent to an activating group) is 1. The van der Waals surface area contributed by atoms with Crippen LogP contribution in [0, 0.1) is 0 Å². The summed E-state index contributed by atoms with van der Waals surface area (Å²) in [6, 6.07) is 2.17. The molecule has 0 aromatic rings. The van der Waals surface area contributed by atoms with E-state index in [4.69, 9.17) is 0 Å². The molecule has 0 aromatic heterocycles. The highest BCUT2D eigenvalue weighted by molar-refractivity contribution is 4.95. The van der Waals surface area contributed by atoms with Crippen LogP contribution in [0.1, 0.15) is 12.8 Å². The average molecular weight is 98.2 g/mol. The van der Waals surface area contributed by atoms with Gasteiger partial charge >= 0.3 is 0 Å². The Morgan fingerprint density at radius 1 is 1.14 bits per heavy atom. The smallest absolute Gasteiger partial charge is 0.142 e. The lowest BCUT2D eigenvalue weighted by atomic mass is 10.0. The lowest BCUT2D eigenvalue weighted by Crippen LogP contribution is -2.14. The molecule has 1 saturated heterocycles. The van der Waals surface area contributed by atoms with Crippen molar-refractivity contribution in [3.8, 4) is 0 Å². The molecule has 0 spiro atoms. The summed E-state index contributed by atoms with van der Waals surface area (Å²) in [6.07, 6.45) is 3.00. The number of quaternary nitrogens is 1. The highest BCUT2D eigenvalue weighted by Crippen LogP contribution is 2.50. The van der Waals surface area contributed by atoms with Crippen molar-refractivity contribution in [3.05, 3.63) is 0 Å². The largest absolute Gasteiger partial charge is 0.314 e. The second-order valence-electron chi connectivity index (χ2n) is 3.34. The molecule has 1 saturated carbocycles. The van der Waals surface area contributed by atoms with Gasteiger partial charge in [0.15, 0.2) is 0 Å². The van der Waals surface area contributed by atoms with Gasteiger partial charge in [-0.3, -0.25) is 0 Å². The zero-order chi connectivity index (χ0) is 5.07.